The van der Waals surface area contributed by atoms with Gasteiger partial charge in [0.2, 0.25) is 11.8 Å². The fourth-order valence-electron chi connectivity index (χ4n) is 4.08. The lowest BCUT2D eigenvalue weighted by Gasteiger charge is -2.21. The van der Waals surface area contributed by atoms with Gasteiger partial charge in [-0.25, -0.2) is 0 Å². The zero-order valence-corrected chi connectivity index (χ0v) is 21.1. The van der Waals surface area contributed by atoms with E-state index in [0.29, 0.717) is 29.0 Å². The van der Waals surface area contributed by atoms with E-state index in [1.54, 1.807) is 53.4 Å². The van der Waals surface area contributed by atoms with E-state index in [-0.39, 0.29) is 30.0 Å². The molecule has 0 aromatic heterocycles. The van der Waals surface area contributed by atoms with E-state index < -0.39 is 11.5 Å². The summed E-state index contributed by atoms with van der Waals surface area (Å²) in [6.45, 7) is 5.97. The number of benzene rings is 3. The molecule has 0 aliphatic carbocycles. The number of carbonyl (C=O) groups is 4. The quantitative estimate of drug-likeness (QED) is 0.466. The molecular weight excluding hydrogens is 468 g/mol. The predicted octanol–water partition coefficient (Wildman–Crippen LogP) is 4.46. The van der Waals surface area contributed by atoms with E-state index in [2.05, 4.69) is 16.0 Å². The first kappa shape index (κ1) is 25.6. The number of hydrogen-bond donors (Lipinski definition) is 3. The van der Waals surface area contributed by atoms with Crippen LogP contribution in [0.25, 0.3) is 0 Å². The second kappa shape index (κ2) is 10.7. The van der Waals surface area contributed by atoms with Gasteiger partial charge in [-0.3, -0.25) is 19.2 Å². The van der Waals surface area contributed by atoms with Crippen molar-refractivity contribution in [1.82, 2.24) is 5.32 Å². The van der Waals surface area contributed by atoms with Crippen LogP contribution in [-0.2, 0) is 9.59 Å². The Bertz CT molecular complexity index is 1310. The van der Waals surface area contributed by atoms with Gasteiger partial charge >= 0.3 is 0 Å². The Hall–Kier alpha value is -4.46. The zero-order chi connectivity index (χ0) is 26.6. The normalized spacial score (nSPS) is 15.3. The molecule has 4 amide bonds. The molecule has 1 heterocycles. The number of nitrogens with zero attached hydrogens (tertiary/aromatic N) is 1. The molecule has 8 nitrogen and oxygen atoms in total. The van der Waals surface area contributed by atoms with Gasteiger partial charge in [0, 0.05) is 35.4 Å². The molecule has 8 heteroatoms. The van der Waals surface area contributed by atoms with Gasteiger partial charge in [-0.05, 0) is 69.3 Å². The fraction of sp³-hybridized carbons (Fsp3) is 0.241. The highest BCUT2D eigenvalue weighted by atomic mass is 16.2. The third kappa shape index (κ3) is 6.41. The third-order valence-corrected chi connectivity index (χ3v) is 5.89. The SMILES string of the molecule is CC(C)(C)NC(=O)c1ccccc1NC(=O)c1ccc(NC(=O)C2CC(=O)N(c3ccccc3)C2)cc1. The minimum Gasteiger partial charge on any atom is -0.347 e. The topological polar surface area (TPSA) is 108 Å². The molecule has 37 heavy (non-hydrogen) atoms. The lowest BCUT2D eigenvalue weighted by Crippen LogP contribution is -2.40. The summed E-state index contributed by atoms with van der Waals surface area (Å²) in [4.78, 5) is 52.3. The summed E-state index contributed by atoms with van der Waals surface area (Å²) in [5, 5.41) is 8.53. The van der Waals surface area contributed by atoms with E-state index in [1.807, 2.05) is 51.1 Å². The largest absolute Gasteiger partial charge is 0.347 e. The summed E-state index contributed by atoms with van der Waals surface area (Å²) in [6, 6.07) is 22.5. The Labute approximate surface area is 216 Å². The van der Waals surface area contributed by atoms with E-state index >= 15 is 0 Å². The molecule has 0 radical (unpaired) electrons. The summed E-state index contributed by atoms with van der Waals surface area (Å²) in [6.07, 6.45) is 0.142. The number of nitrogens with one attached hydrogen (secondary N) is 3. The van der Waals surface area contributed by atoms with Crippen molar-refractivity contribution >= 4 is 40.7 Å². The van der Waals surface area contributed by atoms with Gasteiger partial charge in [0.25, 0.3) is 11.8 Å². The van der Waals surface area contributed by atoms with Crippen molar-refractivity contribution in [1.29, 1.82) is 0 Å². The number of carbonyl (C=O) groups excluding carboxylic acids is 4. The highest BCUT2D eigenvalue weighted by molar-refractivity contribution is 6.09. The Kier molecular flexibility index (Phi) is 7.38. The zero-order valence-electron chi connectivity index (χ0n) is 21.1. The predicted molar refractivity (Wildman–Crippen MR) is 144 cm³/mol. The molecule has 190 valence electrons. The smallest absolute Gasteiger partial charge is 0.255 e. The first-order valence-electron chi connectivity index (χ1n) is 12.1. The van der Waals surface area contributed by atoms with Crippen LogP contribution in [0.2, 0.25) is 0 Å². The Morgan fingerprint density at radius 1 is 0.811 bits per heavy atom. The van der Waals surface area contributed by atoms with Crippen LogP contribution in [0.1, 0.15) is 47.9 Å². The highest BCUT2D eigenvalue weighted by Crippen LogP contribution is 2.26. The van der Waals surface area contributed by atoms with Crippen LogP contribution in [0.5, 0.6) is 0 Å². The van der Waals surface area contributed by atoms with Crippen LogP contribution in [0.4, 0.5) is 17.1 Å². The van der Waals surface area contributed by atoms with Crippen molar-refractivity contribution in [2.24, 2.45) is 5.92 Å². The van der Waals surface area contributed by atoms with Gasteiger partial charge in [-0.15, -0.1) is 0 Å². The van der Waals surface area contributed by atoms with Crippen molar-refractivity contribution in [3.63, 3.8) is 0 Å². The molecule has 1 aliphatic rings. The molecule has 0 saturated carbocycles. The monoisotopic (exact) mass is 498 g/mol. The second-order valence-electron chi connectivity index (χ2n) is 10.0. The maximum atomic E-state index is 12.9. The third-order valence-electron chi connectivity index (χ3n) is 5.89. The van der Waals surface area contributed by atoms with Gasteiger partial charge in [0.15, 0.2) is 0 Å². The number of hydrogen-bond acceptors (Lipinski definition) is 4. The molecule has 3 N–H and O–H groups in total. The van der Waals surface area contributed by atoms with Crippen molar-refractivity contribution in [2.75, 3.05) is 22.1 Å². The van der Waals surface area contributed by atoms with E-state index in [1.165, 1.54) is 0 Å². The molecule has 1 fully saturated rings. The van der Waals surface area contributed by atoms with E-state index in [4.69, 9.17) is 0 Å². The van der Waals surface area contributed by atoms with Crippen molar-refractivity contribution in [3.8, 4) is 0 Å². The molecule has 1 saturated heterocycles. The maximum Gasteiger partial charge on any atom is 0.255 e. The van der Waals surface area contributed by atoms with Gasteiger partial charge in [-0.2, -0.15) is 0 Å². The number of rotatable bonds is 6. The molecule has 1 aliphatic heterocycles. The lowest BCUT2D eigenvalue weighted by molar-refractivity contribution is -0.122. The molecule has 0 bridgehead atoms. The Balaban J connectivity index is 1.38. The summed E-state index contributed by atoms with van der Waals surface area (Å²) >= 11 is 0. The minimum absolute atomic E-state index is 0.0881. The number of anilines is 3. The molecule has 1 atom stereocenters. The van der Waals surface area contributed by atoms with E-state index in [0.717, 1.165) is 5.69 Å². The van der Waals surface area contributed by atoms with Gasteiger partial charge in [-0.1, -0.05) is 30.3 Å². The van der Waals surface area contributed by atoms with Crippen LogP contribution in [0.3, 0.4) is 0 Å². The first-order valence-corrected chi connectivity index (χ1v) is 12.1. The summed E-state index contributed by atoms with van der Waals surface area (Å²) in [5.74, 6) is -1.46. The molecule has 3 aromatic rings. The van der Waals surface area contributed by atoms with Gasteiger partial charge < -0.3 is 20.9 Å². The van der Waals surface area contributed by atoms with Crippen LogP contribution in [0, 0.1) is 5.92 Å². The Morgan fingerprint density at radius 2 is 1.46 bits per heavy atom. The van der Waals surface area contributed by atoms with Crippen LogP contribution in [-0.4, -0.2) is 35.7 Å². The average molecular weight is 499 g/mol. The van der Waals surface area contributed by atoms with Gasteiger partial charge in [0.1, 0.15) is 0 Å². The standard InChI is InChI=1S/C29H30N4O4/c1-29(2,3)32-28(37)23-11-7-8-12-24(23)31-26(35)19-13-15-21(16-14-19)30-27(36)20-17-25(34)33(18-20)22-9-5-4-6-10-22/h4-16,20H,17-18H2,1-3H3,(H,30,36)(H,31,35)(H,32,37). The van der Waals surface area contributed by atoms with E-state index in [9.17, 15) is 19.2 Å². The van der Waals surface area contributed by atoms with Gasteiger partial charge in [0.05, 0.1) is 17.2 Å². The molecule has 1 unspecified atom stereocenters. The number of para-hydroxylation sites is 2. The molecular formula is C29H30N4O4. The Morgan fingerprint density at radius 3 is 2.14 bits per heavy atom. The summed E-state index contributed by atoms with van der Waals surface area (Å²) < 4.78 is 0. The summed E-state index contributed by atoms with van der Waals surface area (Å²) in [7, 11) is 0. The molecule has 0 spiro atoms. The van der Waals surface area contributed by atoms with Crippen LogP contribution < -0.4 is 20.9 Å². The highest BCUT2D eigenvalue weighted by Gasteiger charge is 2.35. The van der Waals surface area contributed by atoms with Crippen molar-refractivity contribution in [3.05, 3.63) is 90.0 Å². The van der Waals surface area contributed by atoms with Crippen LogP contribution >= 0.6 is 0 Å². The molecule has 4 rings (SSSR count). The average Bonchev–Trinajstić information content (AvgIpc) is 3.26. The van der Waals surface area contributed by atoms with Crippen molar-refractivity contribution in [2.45, 2.75) is 32.7 Å². The first-order chi connectivity index (χ1) is 17.6. The maximum absolute atomic E-state index is 12.9. The summed E-state index contributed by atoms with van der Waals surface area (Å²) in [5.41, 5.74) is 2.02. The second-order valence-corrected chi connectivity index (χ2v) is 10.0. The van der Waals surface area contributed by atoms with Crippen LogP contribution in [0.15, 0.2) is 78.9 Å². The van der Waals surface area contributed by atoms with Crippen molar-refractivity contribution < 1.29 is 19.2 Å². The lowest BCUT2D eigenvalue weighted by atomic mass is 10.1. The minimum atomic E-state index is -0.466. The number of amides is 4. The fourth-order valence-corrected chi connectivity index (χ4v) is 4.08. The molecule has 3 aromatic carbocycles.